The van der Waals surface area contributed by atoms with Crippen LogP contribution in [0.4, 0.5) is 11.4 Å². The monoisotopic (exact) mass is 419 g/mol. The number of phenolic OH excluding ortho intramolecular Hbond substituents is 1. The summed E-state index contributed by atoms with van der Waals surface area (Å²) in [6, 6.07) is 10.4. The molecule has 6 nitrogen and oxygen atoms in total. The lowest BCUT2D eigenvalue weighted by molar-refractivity contribution is -0.131. The van der Waals surface area contributed by atoms with Gasteiger partial charge in [-0.05, 0) is 35.9 Å². The van der Waals surface area contributed by atoms with Crippen LogP contribution in [-0.2, 0) is 16.0 Å². The Bertz CT molecular complexity index is 942. The van der Waals surface area contributed by atoms with E-state index in [-0.39, 0.29) is 30.5 Å². The molecule has 146 valence electrons. The van der Waals surface area contributed by atoms with Crippen molar-refractivity contribution < 1.29 is 14.7 Å². The molecule has 0 bridgehead atoms. The van der Waals surface area contributed by atoms with Crippen LogP contribution in [-0.4, -0.2) is 54.5 Å². The molecule has 4 rings (SSSR count). The number of halogens is 2. The van der Waals surface area contributed by atoms with Crippen molar-refractivity contribution in [2.45, 2.75) is 6.42 Å². The van der Waals surface area contributed by atoms with Crippen molar-refractivity contribution in [1.82, 2.24) is 4.90 Å². The molecule has 0 spiro atoms. The minimum Gasteiger partial charge on any atom is -0.506 e. The third-order valence-electron chi connectivity index (χ3n) is 5.20. The van der Waals surface area contributed by atoms with E-state index >= 15 is 0 Å². The molecule has 8 heteroatoms. The van der Waals surface area contributed by atoms with E-state index < -0.39 is 0 Å². The molecule has 0 atom stereocenters. The van der Waals surface area contributed by atoms with E-state index in [9.17, 15) is 14.7 Å². The van der Waals surface area contributed by atoms with Crippen molar-refractivity contribution >= 4 is 46.4 Å². The highest BCUT2D eigenvalue weighted by atomic mass is 35.5. The summed E-state index contributed by atoms with van der Waals surface area (Å²) in [6.07, 6.45) is 0.275. The zero-order valence-electron chi connectivity index (χ0n) is 15.1. The highest BCUT2D eigenvalue weighted by molar-refractivity contribution is 6.32. The Morgan fingerprint density at radius 1 is 1.04 bits per heavy atom. The Labute approximate surface area is 172 Å². The fourth-order valence-electron chi connectivity index (χ4n) is 3.67. The second kappa shape index (κ2) is 7.53. The van der Waals surface area contributed by atoms with Gasteiger partial charge in [0.25, 0.3) is 0 Å². The zero-order chi connectivity index (χ0) is 19.8. The van der Waals surface area contributed by atoms with E-state index in [0.29, 0.717) is 36.2 Å². The largest absolute Gasteiger partial charge is 0.506 e. The quantitative estimate of drug-likeness (QED) is 0.830. The Hall–Kier alpha value is -2.44. The van der Waals surface area contributed by atoms with Crippen molar-refractivity contribution in [3.63, 3.8) is 0 Å². The standard InChI is InChI=1S/C20H19Cl2N3O3/c21-14-1-4-17-13(9-14)10-19(27)25(17)12-20(28)24-7-5-23(6-8-24)15-2-3-16(22)18(26)11-15/h1-4,9,11,26H,5-8,10,12H2. The second-order valence-corrected chi connectivity index (χ2v) is 7.78. The van der Waals surface area contributed by atoms with Crippen LogP contribution >= 0.6 is 23.2 Å². The van der Waals surface area contributed by atoms with Crippen molar-refractivity contribution in [3.8, 4) is 5.75 Å². The number of amides is 2. The highest BCUT2D eigenvalue weighted by Crippen LogP contribution is 2.31. The molecular weight excluding hydrogens is 401 g/mol. The lowest BCUT2D eigenvalue weighted by Crippen LogP contribution is -2.51. The third kappa shape index (κ3) is 3.62. The number of benzene rings is 2. The highest BCUT2D eigenvalue weighted by Gasteiger charge is 2.31. The van der Waals surface area contributed by atoms with Gasteiger partial charge in [0.15, 0.2) is 0 Å². The van der Waals surface area contributed by atoms with Gasteiger partial charge in [0.2, 0.25) is 11.8 Å². The maximum Gasteiger partial charge on any atom is 0.242 e. The first-order chi connectivity index (χ1) is 13.4. The normalized spacial score (nSPS) is 16.5. The molecular formula is C20H19Cl2N3O3. The van der Waals surface area contributed by atoms with Crippen LogP contribution in [0.3, 0.4) is 0 Å². The number of hydrogen-bond acceptors (Lipinski definition) is 4. The van der Waals surface area contributed by atoms with Gasteiger partial charge in [0.1, 0.15) is 12.3 Å². The van der Waals surface area contributed by atoms with Gasteiger partial charge < -0.3 is 19.8 Å². The Balaban J connectivity index is 1.38. The summed E-state index contributed by atoms with van der Waals surface area (Å²) in [5.41, 5.74) is 2.49. The Morgan fingerprint density at radius 3 is 2.50 bits per heavy atom. The number of nitrogens with zero attached hydrogens (tertiary/aromatic N) is 3. The smallest absolute Gasteiger partial charge is 0.242 e. The maximum atomic E-state index is 12.7. The fourth-order valence-corrected chi connectivity index (χ4v) is 3.98. The Morgan fingerprint density at radius 2 is 1.79 bits per heavy atom. The molecule has 2 aromatic rings. The molecule has 28 heavy (non-hydrogen) atoms. The van der Waals surface area contributed by atoms with E-state index in [2.05, 4.69) is 4.90 Å². The topological polar surface area (TPSA) is 64.1 Å². The molecule has 0 saturated carbocycles. The van der Waals surface area contributed by atoms with E-state index in [0.717, 1.165) is 16.9 Å². The summed E-state index contributed by atoms with van der Waals surface area (Å²) in [6.45, 7) is 2.44. The summed E-state index contributed by atoms with van der Waals surface area (Å²) in [4.78, 5) is 30.5. The zero-order valence-corrected chi connectivity index (χ0v) is 16.6. The Kier molecular flexibility index (Phi) is 5.08. The van der Waals surface area contributed by atoms with Gasteiger partial charge >= 0.3 is 0 Å². The van der Waals surface area contributed by atoms with Crippen molar-refractivity contribution in [1.29, 1.82) is 0 Å². The fraction of sp³-hybridized carbons (Fsp3) is 0.300. The van der Waals surface area contributed by atoms with E-state index in [1.807, 2.05) is 6.07 Å². The van der Waals surface area contributed by atoms with Gasteiger partial charge in [0.05, 0.1) is 11.4 Å². The molecule has 2 aromatic carbocycles. The van der Waals surface area contributed by atoms with E-state index in [1.54, 1.807) is 35.2 Å². The van der Waals surface area contributed by atoms with Crippen LogP contribution in [0.1, 0.15) is 5.56 Å². The number of anilines is 2. The molecule has 2 aliphatic heterocycles. The molecule has 1 N–H and O–H groups in total. The van der Waals surface area contributed by atoms with Crippen molar-refractivity contribution in [3.05, 3.63) is 52.0 Å². The maximum absolute atomic E-state index is 12.7. The van der Waals surface area contributed by atoms with Crippen LogP contribution in [0, 0.1) is 0 Å². The van der Waals surface area contributed by atoms with Gasteiger partial charge in [0, 0.05) is 48.6 Å². The molecule has 1 saturated heterocycles. The molecule has 0 aliphatic carbocycles. The second-order valence-electron chi connectivity index (χ2n) is 6.93. The summed E-state index contributed by atoms with van der Waals surface area (Å²) in [5, 5.41) is 10.7. The first-order valence-electron chi connectivity index (χ1n) is 9.02. The van der Waals surface area contributed by atoms with Crippen LogP contribution in [0.2, 0.25) is 10.0 Å². The van der Waals surface area contributed by atoms with Gasteiger partial charge in [-0.3, -0.25) is 9.59 Å². The lowest BCUT2D eigenvalue weighted by Gasteiger charge is -2.36. The number of hydrogen-bond donors (Lipinski definition) is 1. The number of aromatic hydroxyl groups is 1. The van der Waals surface area contributed by atoms with Crippen LogP contribution < -0.4 is 9.80 Å². The molecule has 1 fully saturated rings. The number of rotatable bonds is 3. The minimum absolute atomic E-state index is 0.0369. The molecule has 0 unspecified atom stereocenters. The molecule has 2 heterocycles. The van der Waals surface area contributed by atoms with Gasteiger partial charge in [-0.2, -0.15) is 0 Å². The summed E-state index contributed by atoms with van der Waals surface area (Å²) < 4.78 is 0. The SMILES string of the molecule is O=C(CN1C(=O)Cc2cc(Cl)ccc21)N1CCN(c2ccc(Cl)c(O)c2)CC1. The summed E-state index contributed by atoms with van der Waals surface area (Å²) in [5.74, 6) is -0.111. The minimum atomic E-state index is -0.0825. The predicted molar refractivity (Wildman–Crippen MR) is 109 cm³/mol. The lowest BCUT2D eigenvalue weighted by atomic mass is 10.2. The van der Waals surface area contributed by atoms with Gasteiger partial charge in [-0.25, -0.2) is 0 Å². The predicted octanol–water partition coefficient (Wildman–Crippen LogP) is 2.94. The average molecular weight is 420 g/mol. The van der Waals surface area contributed by atoms with E-state index in [4.69, 9.17) is 23.2 Å². The molecule has 2 amide bonds. The van der Waals surface area contributed by atoms with Crippen LogP contribution in [0.25, 0.3) is 0 Å². The third-order valence-corrected chi connectivity index (χ3v) is 5.75. The summed E-state index contributed by atoms with van der Waals surface area (Å²) in [7, 11) is 0. The summed E-state index contributed by atoms with van der Waals surface area (Å²) >= 11 is 11.9. The molecule has 2 aliphatic rings. The number of carbonyl (C=O) groups excluding carboxylic acids is 2. The number of phenols is 1. The van der Waals surface area contributed by atoms with Crippen LogP contribution in [0.15, 0.2) is 36.4 Å². The molecule has 0 aromatic heterocycles. The number of piperazine rings is 1. The number of carbonyl (C=O) groups is 2. The molecule has 0 radical (unpaired) electrons. The van der Waals surface area contributed by atoms with E-state index in [1.165, 1.54) is 4.90 Å². The first-order valence-corrected chi connectivity index (χ1v) is 9.78. The number of fused-ring (bicyclic) bond motifs is 1. The van der Waals surface area contributed by atoms with Crippen LogP contribution in [0.5, 0.6) is 5.75 Å². The first kappa shape index (κ1) is 18.9. The van der Waals surface area contributed by atoms with Crippen molar-refractivity contribution in [2.75, 3.05) is 42.5 Å². The average Bonchev–Trinajstić information content (AvgIpc) is 2.98. The van der Waals surface area contributed by atoms with Crippen molar-refractivity contribution in [2.24, 2.45) is 0 Å². The van der Waals surface area contributed by atoms with Gasteiger partial charge in [-0.1, -0.05) is 23.2 Å². The van der Waals surface area contributed by atoms with Gasteiger partial charge in [-0.15, -0.1) is 0 Å².